The fraction of sp³-hybridized carbons (Fsp3) is 0.583. The zero-order valence-electron chi connectivity index (χ0n) is 9.92. The molecule has 0 aromatic carbocycles. The molecule has 1 unspecified atom stereocenters. The fourth-order valence-electron chi connectivity index (χ4n) is 2.29. The molecule has 1 saturated heterocycles. The van der Waals surface area contributed by atoms with Crippen LogP contribution in [0.3, 0.4) is 0 Å². The fourth-order valence-corrected chi connectivity index (χ4v) is 2.73. The summed E-state index contributed by atoms with van der Waals surface area (Å²) in [6.07, 6.45) is 7.24. The highest BCUT2D eigenvalue weighted by molar-refractivity contribution is 9.10. The summed E-state index contributed by atoms with van der Waals surface area (Å²) < 4.78 is 0.857. The Balaban J connectivity index is 2.25. The first kappa shape index (κ1) is 13.1. The van der Waals surface area contributed by atoms with Crippen molar-refractivity contribution >= 4 is 33.2 Å². The number of halogens is 2. The molecule has 17 heavy (non-hydrogen) atoms. The Hall–Kier alpha value is -0.320. The van der Waals surface area contributed by atoms with Gasteiger partial charge in [0.05, 0.1) is 22.5 Å². The quantitative estimate of drug-likeness (QED) is 0.847. The van der Waals surface area contributed by atoms with Crippen LogP contribution in [0.15, 0.2) is 16.7 Å². The molecule has 0 radical (unpaired) electrons. The Morgan fingerprint density at radius 3 is 3.00 bits per heavy atom. The van der Waals surface area contributed by atoms with E-state index in [4.69, 9.17) is 11.6 Å². The van der Waals surface area contributed by atoms with Gasteiger partial charge in [0, 0.05) is 6.54 Å². The first-order valence-corrected chi connectivity index (χ1v) is 7.14. The van der Waals surface area contributed by atoms with E-state index in [1.165, 1.54) is 25.7 Å². The Morgan fingerprint density at radius 2 is 2.29 bits per heavy atom. The molecule has 1 atom stereocenters. The summed E-state index contributed by atoms with van der Waals surface area (Å²) in [5.41, 5.74) is 1.13. The van der Waals surface area contributed by atoms with Gasteiger partial charge in [-0.2, -0.15) is 0 Å². The monoisotopic (exact) mass is 317 g/mol. The SMILES string of the molecule is CNC1CCCCCN1c1cnc(Cl)c(Br)c1. The van der Waals surface area contributed by atoms with Gasteiger partial charge in [0.25, 0.3) is 0 Å². The van der Waals surface area contributed by atoms with Crippen LogP contribution in [0.5, 0.6) is 0 Å². The molecule has 94 valence electrons. The molecule has 1 aromatic rings. The lowest BCUT2D eigenvalue weighted by atomic mass is 10.2. The summed E-state index contributed by atoms with van der Waals surface area (Å²) in [7, 11) is 2.02. The van der Waals surface area contributed by atoms with Crippen molar-refractivity contribution < 1.29 is 0 Å². The molecule has 0 saturated carbocycles. The molecule has 1 aromatic heterocycles. The van der Waals surface area contributed by atoms with Gasteiger partial charge in [-0.05, 0) is 48.3 Å². The number of rotatable bonds is 2. The van der Waals surface area contributed by atoms with E-state index in [0.717, 1.165) is 16.7 Å². The summed E-state index contributed by atoms with van der Waals surface area (Å²) in [5.74, 6) is 0. The predicted molar refractivity (Wildman–Crippen MR) is 75.6 cm³/mol. The average molecular weight is 319 g/mol. The number of anilines is 1. The second-order valence-corrected chi connectivity index (χ2v) is 5.53. The van der Waals surface area contributed by atoms with E-state index in [-0.39, 0.29) is 0 Å². The van der Waals surface area contributed by atoms with Crippen molar-refractivity contribution in [1.82, 2.24) is 10.3 Å². The Bertz CT molecular complexity index is 386. The topological polar surface area (TPSA) is 28.2 Å². The summed E-state index contributed by atoms with van der Waals surface area (Å²) in [6.45, 7) is 1.07. The lowest BCUT2D eigenvalue weighted by Crippen LogP contribution is -2.43. The number of pyridine rings is 1. The normalized spacial score (nSPS) is 21.4. The van der Waals surface area contributed by atoms with Crippen molar-refractivity contribution in [3.05, 3.63) is 21.9 Å². The number of nitrogens with zero attached hydrogens (tertiary/aromatic N) is 2. The van der Waals surface area contributed by atoms with Crippen LogP contribution in [0.2, 0.25) is 5.15 Å². The van der Waals surface area contributed by atoms with Gasteiger partial charge in [-0.15, -0.1) is 0 Å². The van der Waals surface area contributed by atoms with Crippen molar-refractivity contribution in [3.8, 4) is 0 Å². The van der Waals surface area contributed by atoms with Gasteiger partial charge in [-0.1, -0.05) is 18.0 Å². The van der Waals surface area contributed by atoms with Crippen molar-refractivity contribution in [3.63, 3.8) is 0 Å². The molecule has 2 rings (SSSR count). The first-order valence-electron chi connectivity index (χ1n) is 5.97. The van der Waals surface area contributed by atoms with Gasteiger partial charge in [0.1, 0.15) is 5.15 Å². The number of hydrogen-bond acceptors (Lipinski definition) is 3. The smallest absolute Gasteiger partial charge is 0.143 e. The molecule has 1 aliphatic heterocycles. The first-order chi connectivity index (χ1) is 8.22. The number of hydrogen-bond donors (Lipinski definition) is 1. The summed E-state index contributed by atoms with van der Waals surface area (Å²) >= 11 is 9.36. The van der Waals surface area contributed by atoms with Crippen LogP contribution in [-0.2, 0) is 0 Å². The van der Waals surface area contributed by atoms with Crippen molar-refractivity contribution in [1.29, 1.82) is 0 Å². The molecule has 5 heteroatoms. The molecule has 0 bridgehead atoms. The van der Waals surface area contributed by atoms with Crippen molar-refractivity contribution in [2.45, 2.75) is 31.8 Å². The summed E-state index contributed by atoms with van der Waals surface area (Å²) in [5, 5.41) is 3.89. The Kier molecular flexibility index (Phi) is 4.65. The second kappa shape index (κ2) is 6.03. The largest absolute Gasteiger partial charge is 0.355 e. The van der Waals surface area contributed by atoms with Crippen molar-refractivity contribution in [2.75, 3.05) is 18.5 Å². The molecular formula is C12H17BrClN3. The van der Waals surface area contributed by atoms with E-state index in [9.17, 15) is 0 Å². The number of aromatic nitrogens is 1. The number of nitrogens with one attached hydrogen (secondary N) is 1. The highest BCUT2D eigenvalue weighted by Gasteiger charge is 2.20. The molecule has 1 N–H and O–H groups in total. The van der Waals surface area contributed by atoms with Crippen LogP contribution in [0.1, 0.15) is 25.7 Å². The standard InChI is InChI=1S/C12H17BrClN3/c1-15-11-5-3-2-4-6-17(11)9-7-10(13)12(14)16-8-9/h7-8,11,15H,2-6H2,1H3. The van der Waals surface area contributed by atoms with Crippen LogP contribution < -0.4 is 10.2 Å². The van der Waals surface area contributed by atoms with Crippen LogP contribution >= 0.6 is 27.5 Å². The maximum absolute atomic E-state index is 5.93. The van der Waals surface area contributed by atoms with Gasteiger partial charge in [-0.25, -0.2) is 4.98 Å². The lowest BCUT2D eigenvalue weighted by molar-refractivity contribution is 0.507. The lowest BCUT2D eigenvalue weighted by Gasteiger charge is -2.31. The van der Waals surface area contributed by atoms with Crippen LogP contribution in [0.4, 0.5) is 5.69 Å². The molecule has 0 aliphatic carbocycles. The molecule has 1 aliphatic rings. The zero-order chi connectivity index (χ0) is 12.3. The zero-order valence-corrected chi connectivity index (χ0v) is 12.3. The van der Waals surface area contributed by atoms with E-state index in [1.54, 1.807) is 0 Å². The summed E-state index contributed by atoms with van der Waals surface area (Å²) in [4.78, 5) is 6.58. The maximum atomic E-state index is 5.93. The van der Waals surface area contributed by atoms with Gasteiger partial charge in [0.15, 0.2) is 0 Å². The second-order valence-electron chi connectivity index (χ2n) is 4.31. The highest BCUT2D eigenvalue weighted by Crippen LogP contribution is 2.28. The maximum Gasteiger partial charge on any atom is 0.143 e. The van der Waals surface area contributed by atoms with E-state index in [0.29, 0.717) is 11.3 Å². The van der Waals surface area contributed by atoms with E-state index in [2.05, 4.69) is 31.1 Å². The minimum absolute atomic E-state index is 0.396. The van der Waals surface area contributed by atoms with E-state index in [1.807, 2.05) is 19.3 Å². The van der Waals surface area contributed by atoms with E-state index < -0.39 is 0 Å². The molecular weight excluding hydrogens is 302 g/mol. The third-order valence-electron chi connectivity index (χ3n) is 3.20. The summed E-state index contributed by atoms with van der Waals surface area (Å²) in [6, 6.07) is 2.05. The Labute approximate surface area is 116 Å². The molecule has 1 fully saturated rings. The molecule has 0 amide bonds. The van der Waals surface area contributed by atoms with Crippen LogP contribution in [-0.4, -0.2) is 24.7 Å². The third kappa shape index (κ3) is 3.12. The predicted octanol–water partition coefficient (Wildman–Crippen LogP) is 3.42. The minimum Gasteiger partial charge on any atom is -0.355 e. The Morgan fingerprint density at radius 1 is 1.47 bits per heavy atom. The van der Waals surface area contributed by atoms with Gasteiger partial charge in [0.2, 0.25) is 0 Å². The minimum atomic E-state index is 0.396. The molecule has 0 spiro atoms. The molecule has 2 heterocycles. The molecule has 3 nitrogen and oxygen atoms in total. The third-order valence-corrected chi connectivity index (χ3v) is 4.33. The van der Waals surface area contributed by atoms with Crippen molar-refractivity contribution in [2.24, 2.45) is 0 Å². The van der Waals surface area contributed by atoms with Gasteiger partial charge < -0.3 is 10.2 Å². The van der Waals surface area contributed by atoms with Crippen LogP contribution in [0, 0.1) is 0 Å². The van der Waals surface area contributed by atoms with Crippen LogP contribution in [0.25, 0.3) is 0 Å². The van der Waals surface area contributed by atoms with Gasteiger partial charge in [-0.3, -0.25) is 0 Å². The van der Waals surface area contributed by atoms with E-state index >= 15 is 0 Å². The van der Waals surface area contributed by atoms with Gasteiger partial charge >= 0.3 is 0 Å². The highest BCUT2D eigenvalue weighted by atomic mass is 79.9. The average Bonchev–Trinajstić information content (AvgIpc) is 2.57.